The van der Waals surface area contributed by atoms with Gasteiger partial charge in [-0.25, -0.2) is 4.99 Å². The molecule has 1 aromatic rings. The summed E-state index contributed by atoms with van der Waals surface area (Å²) in [5.41, 5.74) is 3.26. The molecule has 0 radical (unpaired) electrons. The van der Waals surface area contributed by atoms with Gasteiger partial charge in [-0.3, -0.25) is 4.90 Å². The average molecular weight is 382 g/mol. The van der Waals surface area contributed by atoms with Crippen molar-refractivity contribution < 1.29 is 18.9 Å². The fraction of sp³-hybridized carbons (Fsp3) is 0.591. The quantitative estimate of drug-likeness (QED) is 0.752. The van der Waals surface area contributed by atoms with Crippen LogP contribution in [0.25, 0.3) is 0 Å². The minimum absolute atomic E-state index is 0.268. The van der Waals surface area contributed by atoms with Crippen LogP contribution >= 0.6 is 0 Å². The summed E-state index contributed by atoms with van der Waals surface area (Å²) >= 11 is 0. The van der Waals surface area contributed by atoms with Gasteiger partial charge in [-0.15, -0.1) is 0 Å². The standard InChI is InChI=1S/C22H26N2O4/c1-5-11-9-24-14-8-22-17(24)6-12(11)13(14)10-28-21(22)23-19-15(25-2)7-16(26-3)20(27-4)18(19)22/h5,7,12-14,17H,6,8-10H2,1-4H3. The summed E-state index contributed by atoms with van der Waals surface area (Å²) in [5.74, 6) is 4.21. The van der Waals surface area contributed by atoms with E-state index in [4.69, 9.17) is 23.9 Å². The first kappa shape index (κ1) is 16.7. The van der Waals surface area contributed by atoms with Crippen molar-refractivity contribution in [3.8, 4) is 17.2 Å². The van der Waals surface area contributed by atoms with Gasteiger partial charge in [0.25, 0.3) is 0 Å². The molecule has 28 heavy (non-hydrogen) atoms. The van der Waals surface area contributed by atoms with Gasteiger partial charge < -0.3 is 18.9 Å². The lowest BCUT2D eigenvalue weighted by Gasteiger charge is -2.54. The van der Waals surface area contributed by atoms with Gasteiger partial charge in [-0.1, -0.05) is 11.6 Å². The third kappa shape index (κ3) is 1.68. The molecule has 0 N–H and O–H groups in total. The fourth-order valence-corrected chi connectivity index (χ4v) is 6.81. The smallest absolute Gasteiger partial charge is 0.201 e. The number of hydrogen-bond donors (Lipinski definition) is 0. The van der Waals surface area contributed by atoms with E-state index in [1.807, 2.05) is 6.07 Å². The van der Waals surface area contributed by atoms with E-state index in [0.29, 0.717) is 29.7 Å². The molecule has 5 bridgehead atoms. The fourth-order valence-electron chi connectivity index (χ4n) is 6.81. The van der Waals surface area contributed by atoms with Gasteiger partial charge in [0.05, 0.1) is 33.4 Å². The average Bonchev–Trinajstić information content (AvgIpc) is 3.10. The Balaban J connectivity index is 1.62. The van der Waals surface area contributed by atoms with E-state index in [0.717, 1.165) is 54.6 Å². The lowest BCUT2D eigenvalue weighted by molar-refractivity contribution is -0.0152. The van der Waals surface area contributed by atoms with E-state index in [1.54, 1.807) is 26.9 Å². The monoisotopic (exact) mass is 382 g/mol. The normalized spacial score (nSPS) is 39.9. The highest BCUT2D eigenvalue weighted by Gasteiger charge is 2.69. The number of rotatable bonds is 3. The molecule has 5 saturated heterocycles. The topological polar surface area (TPSA) is 52.5 Å². The maximum atomic E-state index is 6.43. The number of allylic oxidation sites excluding steroid dienone is 1. The second kappa shape index (κ2) is 5.44. The second-order valence-corrected chi connectivity index (χ2v) is 8.57. The van der Waals surface area contributed by atoms with Gasteiger partial charge in [-0.2, -0.15) is 0 Å². The van der Waals surface area contributed by atoms with Crippen LogP contribution < -0.4 is 14.2 Å². The zero-order chi connectivity index (χ0) is 19.2. The molecule has 6 atom stereocenters. The first-order valence-corrected chi connectivity index (χ1v) is 10.1. The molecular formula is C22H26N2O4. The van der Waals surface area contributed by atoms with Crippen LogP contribution in [-0.2, 0) is 10.2 Å². The molecule has 0 amide bonds. The largest absolute Gasteiger partial charge is 0.494 e. The molecule has 0 aromatic heterocycles. The number of hydrogen-bond acceptors (Lipinski definition) is 6. The van der Waals surface area contributed by atoms with Crippen molar-refractivity contribution in [3.63, 3.8) is 0 Å². The number of benzene rings is 1. The maximum absolute atomic E-state index is 6.43. The predicted octanol–water partition coefficient (Wildman–Crippen LogP) is 3.06. The molecule has 7 rings (SSSR count). The summed E-state index contributed by atoms with van der Waals surface area (Å²) in [7, 11) is 5.07. The van der Waals surface area contributed by atoms with E-state index in [1.165, 1.54) is 0 Å². The molecule has 6 unspecified atom stereocenters. The zero-order valence-corrected chi connectivity index (χ0v) is 16.8. The predicted molar refractivity (Wildman–Crippen MR) is 105 cm³/mol. The molecular weight excluding hydrogens is 356 g/mol. The van der Waals surface area contributed by atoms with Crippen molar-refractivity contribution in [1.29, 1.82) is 0 Å². The summed E-state index contributed by atoms with van der Waals surface area (Å²) in [6.45, 7) is 3.99. The Bertz CT molecular complexity index is 939. The highest BCUT2D eigenvalue weighted by molar-refractivity contribution is 6.01. The number of piperidine rings is 3. The molecule has 6 nitrogen and oxygen atoms in total. The first-order valence-electron chi connectivity index (χ1n) is 10.1. The molecule has 6 aliphatic rings. The molecule has 1 spiro atoms. The number of aliphatic imine (C=N–C) groups is 1. The zero-order valence-electron chi connectivity index (χ0n) is 16.8. The SMILES string of the molecule is CC=C1CN2C3CC45C(=Nc6c(OC)cc(OC)c(OC)c64)OCC3C1CC25. The van der Waals surface area contributed by atoms with Crippen LogP contribution in [0.3, 0.4) is 0 Å². The number of ether oxygens (including phenoxy) is 4. The Hall–Kier alpha value is -2.21. The van der Waals surface area contributed by atoms with E-state index < -0.39 is 0 Å². The van der Waals surface area contributed by atoms with Crippen LogP contribution in [0.5, 0.6) is 17.2 Å². The summed E-state index contributed by atoms with van der Waals surface area (Å²) in [4.78, 5) is 7.71. The molecule has 6 aliphatic heterocycles. The van der Waals surface area contributed by atoms with E-state index in [-0.39, 0.29) is 5.41 Å². The van der Waals surface area contributed by atoms with Crippen molar-refractivity contribution >= 4 is 11.6 Å². The Morgan fingerprint density at radius 3 is 2.75 bits per heavy atom. The highest BCUT2D eigenvalue weighted by Crippen LogP contribution is 2.66. The van der Waals surface area contributed by atoms with Gasteiger partial charge in [-0.05, 0) is 25.7 Å². The summed E-state index contributed by atoms with van der Waals surface area (Å²) in [5, 5.41) is 0. The van der Waals surface area contributed by atoms with Crippen LogP contribution in [-0.4, -0.2) is 57.4 Å². The third-order valence-corrected chi connectivity index (χ3v) is 7.91. The lowest BCUT2D eigenvalue weighted by Crippen LogP contribution is -2.61. The van der Waals surface area contributed by atoms with Gasteiger partial charge in [0.1, 0.15) is 11.4 Å². The van der Waals surface area contributed by atoms with Crippen LogP contribution in [0.15, 0.2) is 22.7 Å². The Labute approximate surface area is 165 Å². The number of nitrogens with zero attached hydrogens (tertiary/aromatic N) is 2. The lowest BCUT2D eigenvalue weighted by atomic mass is 9.68. The molecule has 0 saturated carbocycles. The highest BCUT2D eigenvalue weighted by atomic mass is 16.5. The number of fused-ring (bicyclic) bond motifs is 2. The van der Waals surface area contributed by atoms with Crippen LogP contribution in [0.2, 0.25) is 0 Å². The van der Waals surface area contributed by atoms with Gasteiger partial charge in [0.2, 0.25) is 5.90 Å². The van der Waals surface area contributed by atoms with Gasteiger partial charge in [0, 0.05) is 36.2 Å². The van der Waals surface area contributed by atoms with Crippen LogP contribution in [0, 0.1) is 11.8 Å². The van der Waals surface area contributed by atoms with E-state index in [2.05, 4.69) is 17.9 Å². The minimum Gasteiger partial charge on any atom is -0.494 e. The maximum Gasteiger partial charge on any atom is 0.201 e. The van der Waals surface area contributed by atoms with Crippen molar-refractivity contribution in [1.82, 2.24) is 4.90 Å². The van der Waals surface area contributed by atoms with Crippen molar-refractivity contribution in [2.24, 2.45) is 16.8 Å². The van der Waals surface area contributed by atoms with Gasteiger partial charge >= 0.3 is 0 Å². The molecule has 0 aliphatic carbocycles. The van der Waals surface area contributed by atoms with Gasteiger partial charge in [0.15, 0.2) is 11.5 Å². The summed E-state index contributed by atoms with van der Waals surface area (Å²) in [6, 6.07) is 2.79. The van der Waals surface area contributed by atoms with Crippen LogP contribution in [0.1, 0.15) is 25.3 Å². The van der Waals surface area contributed by atoms with E-state index >= 15 is 0 Å². The first-order chi connectivity index (χ1) is 13.7. The molecule has 6 heteroatoms. The van der Waals surface area contributed by atoms with Crippen molar-refractivity contribution in [2.75, 3.05) is 34.5 Å². The number of methoxy groups -OCH3 is 3. The molecule has 1 aromatic carbocycles. The van der Waals surface area contributed by atoms with Crippen LogP contribution in [0.4, 0.5) is 5.69 Å². The summed E-state index contributed by atoms with van der Waals surface area (Å²) < 4.78 is 23.7. The minimum atomic E-state index is -0.268. The van der Waals surface area contributed by atoms with Crippen molar-refractivity contribution in [3.05, 3.63) is 23.3 Å². The van der Waals surface area contributed by atoms with Crippen molar-refractivity contribution in [2.45, 2.75) is 37.3 Å². The molecule has 6 heterocycles. The Kier molecular flexibility index (Phi) is 3.25. The Morgan fingerprint density at radius 1 is 1.21 bits per heavy atom. The van der Waals surface area contributed by atoms with E-state index in [9.17, 15) is 0 Å². The molecule has 148 valence electrons. The molecule has 5 fully saturated rings. The summed E-state index contributed by atoms with van der Waals surface area (Å²) in [6.07, 6.45) is 4.51. The third-order valence-electron chi connectivity index (χ3n) is 7.91. The second-order valence-electron chi connectivity index (χ2n) is 8.57. The Morgan fingerprint density at radius 2 is 2.04 bits per heavy atom.